The SMILES string of the molecule is NC(=O)c1oc2ccccc2c1NC(=O)C(=O)NCc1ccccn1. The number of nitrogens with two attached hydrogens (primary N) is 1. The Labute approximate surface area is 142 Å². The number of nitrogens with zero attached hydrogens (tertiary/aromatic N) is 1. The molecule has 1 aromatic carbocycles. The molecule has 0 radical (unpaired) electrons. The molecule has 3 rings (SSSR count). The summed E-state index contributed by atoms with van der Waals surface area (Å²) in [5, 5.41) is 5.31. The van der Waals surface area contributed by atoms with E-state index in [1.807, 2.05) is 0 Å². The number of para-hydroxylation sites is 1. The molecule has 0 unspecified atom stereocenters. The van der Waals surface area contributed by atoms with Crippen LogP contribution in [0.3, 0.4) is 0 Å². The molecule has 0 atom stereocenters. The van der Waals surface area contributed by atoms with Crippen LogP contribution in [0.1, 0.15) is 16.2 Å². The molecule has 2 heterocycles. The number of hydrogen-bond acceptors (Lipinski definition) is 5. The van der Waals surface area contributed by atoms with Gasteiger partial charge in [0.15, 0.2) is 0 Å². The van der Waals surface area contributed by atoms with Gasteiger partial charge < -0.3 is 20.8 Å². The number of hydrogen-bond donors (Lipinski definition) is 3. The van der Waals surface area contributed by atoms with Gasteiger partial charge in [0.2, 0.25) is 5.76 Å². The Balaban J connectivity index is 1.76. The molecule has 8 heteroatoms. The zero-order chi connectivity index (χ0) is 17.8. The lowest BCUT2D eigenvalue weighted by Crippen LogP contribution is -2.35. The summed E-state index contributed by atoms with van der Waals surface area (Å²) < 4.78 is 5.34. The number of pyridine rings is 1. The third-order valence-electron chi connectivity index (χ3n) is 3.42. The maximum Gasteiger partial charge on any atom is 0.313 e. The van der Waals surface area contributed by atoms with Gasteiger partial charge >= 0.3 is 11.8 Å². The molecule has 0 spiro atoms. The minimum Gasteiger partial charge on any atom is -0.449 e. The molecule has 0 bridgehead atoms. The van der Waals surface area contributed by atoms with Crippen molar-refractivity contribution in [1.82, 2.24) is 10.3 Å². The molecule has 0 saturated carbocycles. The van der Waals surface area contributed by atoms with Crippen LogP contribution in [0.4, 0.5) is 5.69 Å². The minimum atomic E-state index is -0.940. The number of amides is 3. The van der Waals surface area contributed by atoms with Crippen LogP contribution >= 0.6 is 0 Å². The first-order valence-electron chi connectivity index (χ1n) is 7.36. The first kappa shape index (κ1) is 16.2. The average Bonchev–Trinajstić information content (AvgIpc) is 2.99. The number of nitrogens with one attached hydrogen (secondary N) is 2. The van der Waals surface area contributed by atoms with Crippen LogP contribution in [0.25, 0.3) is 11.0 Å². The van der Waals surface area contributed by atoms with Gasteiger partial charge in [0.25, 0.3) is 5.91 Å². The van der Waals surface area contributed by atoms with Crippen molar-refractivity contribution < 1.29 is 18.8 Å². The lowest BCUT2D eigenvalue weighted by Gasteiger charge is -2.06. The number of fused-ring (bicyclic) bond motifs is 1. The molecule has 3 aromatic rings. The minimum absolute atomic E-state index is 0.0705. The molecule has 0 fully saturated rings. The van der Waals surface area contributed by atoms with Crippen molar-refractivity contribution in [2.45, 2.75) is 6.54 Å². The third-order valence-corrected chi connectivity index (χ3v) is 3.42. The first-order valence-corrected chi connectivity index (χ1v) is 7.36. The summed E-state index contributed by atoms with van der Waals surface area (Å²) in [5.74, 6) is -2.87. The molecule has 8 nitrogen and oxygen atoms in total. The van der Waals surface area contributed by atoms with Gasteiger partial charge in [-0.05, 0) is 24.3 Å². The van der Waals surface area contributed by atoms with Crippen LogP contribution in [0.5, 0.6) is 0 Å². The van der Waals surface area contributed by atoms with Crippen LogP contribution in [0, 0.1) is 0 Å². The van der Waals surface area contributed by atoms with E-state index in [2.05, 4.69) is 15.6 Å². The van der Waals surface area contributed by atoms with E-state index in [-0.39, 0.29) is 18.0 Å². The topological polar surface area (TPSA) is 127 Å². The number of carbonyl (C=O) groups excluding carboxylic acids is 3. The Morgan fingerprint density at radius 1 is 1.04 bits per heavy atom. The van der Waals surface area contributed by atoms with Gasteiger partial charge in [-0.1, -0.05) is 18.2 Å². The second-order valence-electron chi connectivity index (χ2n) is 5.12. The van der Waals surface area contributed by atoms with E-state index < -0.39 is 17.7 Å². The second kappa shape index (κ2) is 6.83. The number of aromatic nitrogens is 1. The zero-order valence-electron chi connectivity index (χ0n) is 13.0. The van der Waals surface area contributed by atoms with Crippen LogP contribution in [-0.2, 0) is 16.1 Å². The molecule has 0 aliphatic heterocycles. The Hall–Kier alpha value is -3.68. The monoisotopic (exact) mass is 338 g/mol. The van der Waals surface area contributed by atoms with Crippen LogP contribution < -0.4 is 16.4 Å². The Morgan fingerprint density at radius 2 is 1.80 bits per heavy atom. The van der Waals surface area contributed by atoms with Crippen molar-refractivity contribution >= 4 is 34.4 Å². The number of anilines is 1. The number of rotatable bonds is 4. The van der Waals surface area contributed by atoms with E-state index in [1.165, 1.54) is 0 Å². The summed E-state index contributed by atoms with van der Waals surface area (Å²) in [6.45, 7) is 0.0991. The van der Waals surface area contributed by atoms with Gasteiger partial charge in [-0.25, -0.2) is 0 Å². The molecule has 4 N–H and O–H groups in total. The highest BCUT2D eigenvalue weighted by Gasteiger charge is 2.23. The maximum atomic E-state index is 12.1. The normalized spacial score (nSPS) is 10.4. The lowest BCUT2D eigenvalue weighted by atomic mass is 10.2. The van der Waals surface area contributed by atoms with Crippen molar-refractivity contribution in [2.75, 3.05) is 5.32 Å². The maximum absolute atomic E-state index is 12.1. The van der Waals surface area contributed by atoms with Crippen molar-refractivity contribution in [3.8, 4) is 0 Å². The number of benzene rings is 1. The quantitative estimate of drug-likeness (QED) is 0.616. The molecule has 2 aromatic heterocycles. The van der Waals surface area contributed by atoms with Crippen molar-refractivity contribution in [2.24, 2.45) is 5.73 Å². The molecular formula is C17H14N4O4. The van der Waals surface area contributed by atoms with Gasteiger partial charge in [0, 0.05) is 11.6 Å². The van der Waals surface area contributed by atoms with E-state index >= 15 is 0 Å². The van der Waals surface area contributed by atoms with Crippen LogP contribution in [0.15, 0.2) is 53.1 Å². The van der Waals surface area contributed by atoms with Gasteiger partial charge in [0.05, 0.1) is 12.2 Å². The summed E-state index contributed by atoms with van der Waals surface area (Å²) in [6.07, 6.45) is 1.58. The van der Waals surface area contributed by atoms with Gasteiger partial charge in [-0.2, -0.15) is 0 Å². The van der Waals surface area contributed by atoms with Crippen LogP contribution in [-0.4, -0.2) is 22.7 Å². The van der Waals surface area contributed by atoms with Crippen LogP contribution in [0.2, 0.25) is 0 Å². The van der Waals surface area contributed by atoms with E-state index in [0.717, 1.165) is 0 Å². The Kier molecular flexibility index (Phi) is 4.42. The highest BCUT2D eigenvalue weighted by molar-refractivity contribution is 6.40. The third kappa shape index (κ3) is 3.47. The first-order chi connectivity index (χ1) is 12.1. The summed E-state index contributed by atoms with van der Waals surface area (Å²) in [5.41, 5.74) is 6.32. The average molecular weight is 338 g/mol. The van der Waals surface area contributed by atoms with Gasteiger partial charge in [-0.3, -0.25) is 19.4 Å². The lowest BCUT2D eigenvalue weighted by molar-refractivity contribution is -0.136. The standard InChI is InChI=1S/C17H14N4O4/c18-15(22)14-13(11-6-1-2-7-12(11)25-14)21-17(24)16(23)20-9-10-5-3-4-8-19-10/h1-8H,9H2,(H2,18,22)(H,20,23)(H,21,24). The Morgan fingerprint density at radius 3 is 2.52 bits per heavy atom. The number of primary amides is 1. The largest absolute Gasteiger partial charge is 0.449 e. The van der Waals surface area contributed by atoms with Crippen molar-refractivity contribution in [3.63, 3.8) is 0 Å². The fourth-order valence-electron chi connectivity index (χ4n) is 2.27. The smallest absolute Gasteiger partial charge is 0.313 e. The summed E-state index contributed by atoms with van der Waals surface area (Å²) in [7, 11) is 0. The predicted molar refractivity (Wildman–Crippen MR) is 89.4 cm³/mol. The predicted octanol–water partition coefficient (Wildman–Crippen LogP) is 1.18. The van der Waals surface area contributed by atoms with Crippen molar-refractivity contribution in [3.05, 3.63) is 60.1 Å². The second-order valence-corrected chi connectivity index (χ2v) is 5.12. The van der Waals surface area contributed by atoms with Crippen molar-refractivity contribution in [1.29, 1.82) is 0 Å². The van der Waals surface area contributed by atoms with Gasteiger partial charge in [0.1, 0.15) is 11.3 Å². The molecule has 0 saturated heterocycles. The summed E-state index contributed by atoms with van der Waals surface area (Å²) >= 11 is 0. The highest BCUT2D eigenvalue weighted by atomic mass is 16.3. The molecule has 0 aliphatic rings. The van der Waals surface area contributed by atoms with Gasteiger partial charge in [-0.15, -0.1) is 0 Å². The fraction of sp³-hybridized carbons (Fsp3) is 0.0588. The highest BCUT2D eigenvalue weighted by Crippen LogP contribution is 2.30. The molecule has 0 aliphatic carbocycles. The van der Waals surface area contributed by atoms with E-state index in [4.69, 9.17) is 10.2 Å². The molecule has 3 amide bonds. The molecule has 126 valence electrons. The van der Waals surface area contributed by atoms with E-state index in [9.17, 15) is 14.4 Å². The zero-order valence-corrected chi connectivity index (χ0v) is 13.0. The van der Waals surface area contributed by atoms with E-state index in [1.54, 1.807) is 48.7 Å². The summed E-state index contributed by atoms with van der Waals surface area (Å²) in [4.78, 5) is 39.6. The molecular weight excluding hydrogens is 324 g/mol. The fourth-order valence-corrected chi connectivity index (χ4v) is 2.27. The Bertz CT molecular complexity index is 950. The number of carbonyl (C=O) groups is 3. The summed E-state index contributed by atoms with van der Waals surface area (Å²) in [6, 6.07) is 11.9. The molecule has 25 heavy (non-hydrogen) atoms. The van der Waals surface area contributed by atoms with E-state index in [0.29, 0.717) is 16.7 Å². The number of furan rings is 1.